The fourth-order valence-electron chi connectivity index (χ4n) is 3.68. The first-order chi connectivity index (χ1) is 11.9. The predicted octanol–water partition coefficient (Wildman–Crippen LogP) is 0.752. The Hall–Kier alpha value is -1.77. The summed E-state index contributed by atoms with van der Waals surface area (Å²) < 4.78 is 5.02. The van der Waals surface area contributed by atoms with E-state index in [0.717, 1.165) is 25.7 Å². The highest BCUT2D eigenvalue weighted by Gasteiger charge is 2.53. The Bertz CT molecular complexity index is 592. The molecule has 2 aliphatic heterocycles. The molecule has 0 radical (unpaired) electrons. The van der Waals surface area contributed by atoms with Crippen LogP contribution < -0.4 is 10.6 Å². The quantitative estimate of drug-likeness (QED) is 0.709. The fraction of sp³-hybridized carbons (Fsp3) is 0.750. The number of thioether (sulfide) groups is 1. The highest BCUT2D eigenvalue weighted by molar-refractivity contribution is 8.01. The molecule has 0 bridgehead atoms. The van der Waals surface area contributed by atoms with Crippen molar-refractivity contribution in [1.82, 2.24) is 15.5 Å². The highest BCUT2D eigenvalue weighted by Crippen LogP contribution is 2.47. The first kappa shape index (κ1) is 18.0. The van der Waals surface area contributed by atoms with Crippen molar-refractivity contribution in [2.75, 3.05) is 12.4 Å². The van der Waals surface area contributed by atoms with E-state index in [-0.39, 0.29) is 16.8 Å². The average molecular weight is 369 g/mol. The summed E-state index contributed by atoms with van der Waals surface area (Å²) in [6.07, 6.45) is 5.11. The van der Waals surface area contributed by atoms with Crippen LogP contribution in [0.25, 0.3) is 0 Å². The maximum absolute atomic E-state index is 12.2. The van der Waals surface area contributed by atoms with Gasteiger partial charge in [-0.1, -0.05) is 12.8 Å². The Kier molecular flexibility index (Phi) is 5.21. The Morgan fingerprint density at radius 2 is 2.04 bits per heavy atom. The second-order valence-electron chi connectivity index (χ2n) is 6.88. The number of amides is 4. The lowest BCUT2D eigenvalue weighted by atomic mass is 10.2. The number of nitrogens with zero attached hydrogens (tertiary/aromatic N) is 1. The number of fused-ring (bicyclic) bond motifs is 1. The molecule has 2 heterocycles. The number of imide groups is 1. The number of carbonyl (C=O) groups is 4. The Labute approximate surface area is 150 Å². The Morgan fingerprint density at radius 1 is 1.32 bits per heavy atom. The van der Waals surface area contributed by atoms with Crippen molar-refractivity contribution in [3.05, 3.63) is 0 Å². The summed E-state index contributed by atoms with van der Waals surface area (Å²) in [5.41, 5.74) is 0. The number of carbonyl (C=O) groups excluding carboxylic acids is 4. The smallest absolute Gasteiger partial charge is 0.330 e. The monoisotopic (exact) mass is 369 g/mol. The van der Waals surface area contributed by atoms with Crippen molar-refractivity contribution >= 4 is 35.6 Å². The molecule has 2 atom stereocenters. The minimum Gasteiger partial charge on any atom is -0.454 e. The van der Waals surface area contributed by atoms with Crippen LogP contribution in [0.1, 0.15) is 45.4 Å². The van der Waals surface area contributed by atoms with E-state index < -0.39 is 30.6 Å². The number of hydrogen-bond donors (Lipinski definition) is 2. The molecule has 25 heavy (non-hydrogen) atoms. The molecule has 3 aliphatic rings. The van der Waals surface area contributed by atoms with Crippen LogP contribution in [0.4, 0.5) is 4.79 Å². The van der Waals surface area contributed by atoms with Gasteiger partial charge in [-0.3, -0.25) is 14.9 Å². The largest absolute Gasteiger partial charge is 0.454 e. The zero-order valence-corrected chi connectivity index (χ0v) is 15.0. The molecule has 0 spiro atoms. The summed E-state index contributed by atoms with van der Waals surface area (Å²) in [4.78, 5) is 48.9. The third-order valence-electron chi connectivity index (χ3n) is 5.01. The average Bonchev–Trinajstić information content (AvgIpc) is 3.24. The standard InChI is InChI=1S/C16H23N3O5S/c1-16-7-6-13(21)19(16)11(9-25-16)14(22)24-8-12(20)18-15(23)17-10-4-2-3-5-10/h10-11H,2-9H2,1H3,(H2,17,18,20,23)/t11-,16-/m0/s1. The van der Waals surface area contributed by atoms with Crippen LogP contribution in [-0.4, -0.2) is 58.0 Å². The Balaban J connectivity index is 1.43. The van der Waals surface area contributed by atoms with E-state index in [9.17, 15) is 19.2 Å². The first-order valence-electron chi connectivity index (χ1n) is 8.62. The summed E-state index contributed by atoms with van der Waals surface area (Å²) in [6, 6.07) is -1.12. The maximum atomic E-state index is 12.2. The van der Waals surface area contributed by atoms with E-state index in [4.69, 9.17) is 4.74 Å². The van der Waals surface area contributed by atoms with Crippen LogP contribution >= 0.6 is 11.8 Å². The van der Waals surface area contributed by atoms with E-state index >= 15 is 0 Å². The van der Waals surface area contributed by atoms with Crippen molar-refractivity contribution in [2.45, 2.75) is 62.4 Å². The van der Waals surface area contributed by atoms with Crippen molar-refractivity contribution in [2.24, 2.45) is 0 Å². The normalized spacial score (nSPS) is 28.8. The molecule has 8 nitrogen and oxygen atoms in total. The lowest BCUT2D eigenvalue weighted by Crippen LogP contribution is -2.48. The number of rotatable bonds is 4. The van der Waals surface area contributed by atoms with Crippen LogP contribution in [0.5, 0.6) is 0 Å². The lowest BCUT2D eigenvalue weighted by molar-refractivity contribution is -0.156. The minimum absolute atomic E-state index is 0.0603. The van der Waals surface area contributed by atoms with Gasteiger partial charge in [-0.05, 0) is 26.2 Å². The molecule has 0 aromatic rings. The molecule has 1 aliphatic carbocycles. The van der Waals surface area contributed by atoms with Crippen LogP contribution in [0.3, 0.4) is 0 Å². The summed E-state index contributed by atoms with van der Waals surface area (Å²) in [6.45, 7) is 1.41. The summed E-state index contributed by atoms with van der Waals surface area (Å²) in [7, 11) is 0. The van der Waals surface area contributed by atoms with E-state index in [1.807, 2.05) is 6.92 Å². The van der Waals surface area contributed by atoms with Gasteiger partial charge in [-0.2, -0.15) is 0 Å². The van der Waals surface area contributed by atoms with Gasteiger partial charge in [0.25, 0.3) is 5.91 Å². The van der Waals surface area contributed by atoms with Gasteiger partial charge in [0.1, 0.15) is 6.04 Å². The van der Waals surface area contributed by atoms with Crippen molar-refractivity contribution in [3.63, 3.8) is 0 Å². The lowest BCUT2D eigenvalue weighted by Gasteiger charge is -2.29. The van der Waals surface area contributed by atoms with Crippen molar-refractivity contribution in [3.8, 4) is 0 Å². The van der Waals surface area contributed by atoms with E-state index in [2.05, 4.69) is 10.6 Å². The third kappa shape index (κ3) is 3.91. The highest BCUT2D eigenvalue weighted by atomic mass is 32.2. The van der Waals surface area contributed by atoms with Gasteiger partial charge in [-0.15, -0.1) is 11.8 Å². The van der Waals surface area contributed by atoms with Crippen LogP contribution in [-0.2, 0) is 19.1 Å². The van der Waals surface area contributed by atoms with Gasteiger partial charge < -0.3 is 15.0 Å². The van der Waals surface area contributed by atoms with E-state index in [1.54, 1.807) is 16.7 Å². The first-order valence-corrected chi connectivity index (χ1v) is 9.61. The van der Waals surface area contributed by atoms with Gasteiger partial charge in [-0.25, -0.2) is 9.59 Å². The molecule has 0 aromatic heterocycles. The molecule has 4 amide bonds. The molecule has 3 rings (SSSR count). The molecule has 138 valence electrons. The molecule has 9 heteroatoms. The third-order valence-corrected chi connectivity index (χ3v) is 6.51. The predicted molar refractivity (Wildman–Crippen MR) is 90.6 cm³/mol. The van der Waals surface area contributed by atoms with Crippen molar-refractivity contribution in [1.29, 1.82) is 0 Å². The molecule has 1 saturated carbocycles. The minimum atomic E-state index is -0.676. The van der Waals surface area contributed by atoms with E-state index in [0.29, 0.717) is 18.6 Å². The molecule has 0 aromatic carbocycles. The molecule has 3 fully saturated rings. The van der Waals surface area contributed by atoms with Gasteiger partial charge in [0.05, 0.1) is 4.87 Å². The van der Waals surface area contributed by atoms with Crippen LogP contribution in [0, 0.1) is 0 Å². The molecular formula is C16H23N3O5S. The van der Waals surface area contributed by atoms with Gasteiger partial charge in [0.2, 0.25) is 5.91 Å². The van der Waals surface area contributed by atoms with Gasteiger partial charge in [0.15, 0.2) is 6.61 Å². The summed E-state index contributed by atoms with van der Waals surface area (Å²) in [5.74, 6) is -0.872. The molecular weight excluding hydrogens is 346 g/mol. The second kappa shape index (κ2) is 7.23. The maximum Gasteiger partial charge on any atom is 0.330 e. The number of esters is 1. The Morgan fingerprint density at radius 3 is 2.76 bits per heavy atom. The van der Waals surface area contributed by atoms with E-state index in [1.165, 1.54) is 0 Å². The SMILES string of the molecule is C[C@]12CCC(=O)N1[C@H](C(=O)OCC(=O)NC(=O)NC1CCCC1)CS2. The van der Waals surface area contributed by atoms with Crippen molar-refractivity contribution < 1.29 is 23.9 Å². The molecule has 2 N–H and O–H groups in total. The zero-order valence-electron chi connectivity index (χ0n) is 14.2. The summed E-state index contributed by atoms with van der Waals surface area (Å²) in [5, 5.41) is 4.89. The summed E-state index contributed by atoms with van der Waals surface area (Å²) >= 11 is 1.56. The molecule has 0 unspecified atom stereocenters. The topological polar surface area (TPSA) is 105 Å². The number of urea groups is 1. The van der Waals surface area contributed by atoms with Crippen LogP contribution in [0.2, 0.25) is 0 Å². The second-order valence-corrected chi connectivity index (χ2v) is 8.38. The van der Waals surface area contributed by atoms with Crippen LogP contribution in [0.15, 0.2) is 0 Å². The van der Waals surface area contributed by atoms with Gasteiger partial charge >= 0.3 is 12.0 Å². The number of hydrogen-bond acceptors (Lipinski definition) is 6. The fourth-order valence-corrected chi connectivity index (χ4v) is 5.10. The van der Waals surface area contributed by atoms with Gasteiger partial charge in [0, 0.05) is 18.2 Å². The number of ether oxygens (including phenoxy) is 1. The number of nitrogens with one attached hydrogen (secondary N) is 2. The molecule has 2 saturated heterocycles. The zero-order chi connectivity index (χ0) is 18.0.